The lowest BCUT2D eigenvalue weighted by molar-refractivity contribution is -0.252. The Morgan fingerprint density at radius 2 is 1.53 bits per heavy atom. The van der Waals surface area contributed by atoms with Gasteiger partial charge in [-0.25, -0.2) is 0 Å². The zero-order valence-corrected chi connectivity index (χ0v) is 30.3. The van der Waals surface area contributed by atoms with Crippen LogP contribution in [0.15, 0.2) is 97.1 Å². The normalized spacial score (nSPS) is 20.3. The summed E-state index contributed by atoms with van der Waals surface area (Å²) in [7, 11) is 0. The largest absolute Gasteiger partial charge is 0.397 e. The van der Waals surface area contributed by atoms with Crippen LogP contribution < -0.4 is 16.4 Å². The van der Waals surface area contributed by atoms with Gasteiger partial charge in [0, 0.05) is 51.0 Å². The van der Waals surface area contributed by atoms with Crippen molar-refractivity contribution in [2.24, 2.45) is 0 Å². The quantitative estimate of drug-likeness (QED) is 0.0640. The maximum atomic E-state index is 12.6. The molecule has 0 aliphatic carbocycles. The predicted octanol–water partition coefficient (Wildman–Crippen LogP) is 6.64. The van der Waals surface area contributed by atoms with Crippen molar-refractivity contribution in [3.05, 3.63) is 119 Å². The molecule has 4 atom stereocenters. The van der Waals surface area contributed by atoms with Crippen LogP contribution in [-0.4, -0.2) is 58.8 Å². The van der Waals surface area contributed by atoms with Gasteiger partial charge in [0.15, 0.2) is 6.29 Å². The van der Waals surface area contributed by atoms with Gasteiger partial charge in [0.05, 0.1) is 36.3 Å². The number of para-hydroxylation sites is 2. The molecule has 0 radical (unpaired) electrons. The third kappa shape index (κ3) is 11.2. The van der Waals surface area contributed by atoms with Crippen LogP contribution >= 0.6 is 0 Å². The molecule has 0 unspecified atom stereocenters. The topological polar surface area (TPSA) is 146 Å². The van der Waals surface area contributed by atoms with E-state index in [1.54, 1.807) is 12.1 Å². The number of nitrogens with two attached hydrogens (primary N) is 1. The van der Waals surface area contributed by atoms with Crippen LogP contribution in [0.3, 0.4) is 0 Å². The van der Waals surface area contributed by atoms with Gasteiger partial charge in [0.2, 0.25) is 11.8 Å². The molecule has 53 heavy (non-hydrogen) atoms. The fourth-order valence-electron chi connectivity index (χ4n) is 7.03. The summed E-state index contributed by atoms with van der Waals surface area (Å²) in [5.41, 5.74) is 13.1. The summed E-state index contributed by atoms with van der Waals surface area (Å²) in [4.78, 5) is 27.0. The first-order valence-corrected chi connectivity index (χ1v) is 18.8. The Kier molecular flexibility index (Phi) is 13.6. The van der Waals surface area contributed by atoms with Gasteiger partial charge < -0.3 is 36.1 Å². The molecule has 2 heterocycles. The summed E-state index contributed by atoms with van der Waals surface area (Å²) in [6, 6.07) is 31.6. The zero-order chi connectivity index (χ0) is 37.0. The van der Waals surface area contributed by atoms with Crippen LogP contribution in [0.5, 0.6) is 0 Å². The molecule has 6 N–H and O–H groups in total. The van der Waals surface area contributed by atoms with Crippen molar-refractivity contribution < 1.29 is 29.3 Å². The molecule has 6 rings (SSSR count). The Balaban J connectivity index is 0.969. The molecule has 2 aliphatic heterocycles. The number of carbonyl (C=O) groups is 2. The van der Waals surface area contributed by atoms with Gasteiger partial charge >= 0.3 is 0 Å². The standard InChI is InChI=1S/C43H52N4O6/c44-38-10-5-6-11-39(38)46-42(51)13-4-2-1-3-12-41(50)45-26-31-8-7-9-35(24-31)32-18-20-34(21-19-32)43-52-37(28-47-23-22-36(49)27-47)25-40(53-43)33-16-14-30(29-48)15-17-33/h5-11,14-21,24,36-37,40,43,48-49H,1-4,12-13,22-23,25-29,44H2,(H,45,50)(H,46,51)/t36-,37-,40+,43+/m0/s1. The molecule has 0 bridgehead atoms. The van der Waals surface area contributed by atoms with E-state index >= 15 is 0 Å². The first kappa shape index (κ1) is 38.2. The van der Waals surface area contributed by atoms with E-state index in [-0.39, 0.29) is 36.7 Å². The van der Waals surface area contributed by atoms with E-state index in [0.29, 0.717) is 43.7 Å². The highest BCUT2D eigenvalue weighted by atomic mass is 16.7. The van der Waals surface area contributed by atoms with E-state index in [2.05, 4.69) is 39.8 Å². The number of unbranched alkanes of at least 4 members (excludes halogenated alkanes) is 3. The second kappa shape index (κ2) is 19.0. The average molecular weight is 721 g/mol. The van der Waals surface area contributed by atoms with E-state index in [1.165, 1.54) is 0 Å². The summed E-state index contributed by atoms with van der Waals surface area (Å²) >= 11 is 0. The summed E-state index contributed by atoms with van der Waals surface area (Å²) in [6.07, 6.45) is 4.62. The van der Waals surface area contributed by atoms with Crippen LogP contribution in [0.2, 0.25) is 0 Å². The maximum Gasteiger partial charge on any atom is 0.224 e. The Morgan fingerprint density at radius 1 is 0.792 bits per heavy atom. The number of hydrogen-bond donors (Lipinski definition) is 5. The van der Waals surface area contributed by atoms with Gasteiger partial charge in [-0.1, -0.05) is 91.7 Å². The number of hydrogen-bond acceptors (Lipinski definition) is 8. The fraction of sp³-hybridized carbons (Fsp3) is 0.395. The lowest BCUT2D eigenvalue weighted by Crippen LogP contribution is -2.38. The Labute approximate surface area is 312 Å². The average Bonchev–Trinajstić information content (AvgIpc) is 3.60. The molecule has 0 saturated carbocycles. The van der Waals surface area contributed by atoms with Crippen LogP contribution in [0.25, 0.3) is 11.1 Å². The highest BCUT2D eigenvalue weighted by Gasteiger charge is 2.34. The number of nitrogens with one attached hydrogen (secondary N) is 2. The van der Waals surface area contributed by atoms with Crippen LogP contribution in [0, 0.1) is 0 Å². The van der Waals surface area contributed by atoms with Crippen molar-refractivity contribution in [1.82, 2.24) is 10.2 Å². The molecule has 0 spiro atoms. The lowest BCUT2D eigenvalue weighted by atomic mass is 9.99. The number of nitrogens with zero attached hydrogens (tertiary/aromatic N) is 1. The molecule has 4 aromatic rings. The van der Waals surface area contributed by atoms with Crippen LogP contribution in [-0.2, 0) is 32.2 Å². The van der Waals surface area contributed by atoms with Gasteiger partial charge in [0.25, 0.3) is 0 Å². The first-order chi connectivity index (χ1) is 25.8. The van der Waals surface area contributed by atoms with Crippen LogP contribution in [0.4, 0.5) is 11.4 Å². The Morgan fingerprint density at radius 3 is 2.25 bits per heavy atom. The Hall–Kier alpha value is -4.58. The zero-order valence-electron chi connectivity index (χ0n) is 30.3. The number of carbonyl (C=O) groups excluding carboxylic acids is 2. The van der Waals surface area contributed by atoms with E-state index < -0.39 is 6.29 Å². The van der Waals surface area contributed by atoms with Gasteiger partial charge in [-0.15, -0.1) is 0 Å². The van der Waals surface area contributed by atoms with E-state index in [9.17, 15) is 19.8 Å². The van der Waals surface area contributed by atoms with Gasteiger partial charge in [-0.3, -0.25) is 14.5 Å². The minimum absolute atomic E-state index is 0.000456. The van der Waals surface area contributed by atoms with Gasteiger partial charge in [-0.05, 0) is 65.3 Å². The number of benzene rings is 4. The van der Waals surface area contributed by atoms with E-state index in [4.69, 9.17) is 15.2 Å². The van der Waals surface area contributed by atoms with Gasteiger partial charge in [0.1, 0.15) is 0 Å². The molecule has 10 heteroatoms. The molecular weight excluding hydrogens is 668 g/mol. The van der Waals surface area contributed by atoms with Crippen LogP contribution in [0.1, 0.15) is 86.0 Å². The maximum absolute atomic E-state index is 12.6. The number of likely N-dealkylation sites (tertiary alicyclic amines) is 1. The highest BCUT2D eigenvalue weighted by molar-refractivity contribution is 5.93. The van der Waals surface area contributed by atoms with Crippen molar-refractivity contribution in [1.29, 1.82) is 0 Å². The molecular formula is C43H52N4O6. The first-order valence-electron chi connectivity index (χ1n) is 18.8. The van der Waals surface area contributed by atoms with Crippen molar-refractivity contribution >= 4 is 23.2 Å². The third-order valence-corrected chi connectivity index (χ3v) is 10.0. The second-order valence-corrected chi connectivity index (χ2v) is 14.2. The minimum Gasteiger partial charge on any atom is -0.397 e. The fourth-order valence-corrected chi connectivity index (χ4v) is 7.03. The highest BCUT2D eigenvalue weighted by Crippen LogP contribution is 2.39. The Bertz CT molecular complexity index is 1780. The molecule has 10 nitrogen and oxygen atoms in total. The number of anilines is 2. The molecule has 4 aromatic carbocycles. The predicted molar refractivity (Wildman–Crippen MR) is 206 cm³/mol. The molecule has 2 fully saturated rings. The number of aliphatic hydroxyl groups is 2. The van der Waals surface area contributed by atoms with E-state index in [1.807, 2.05) is 60.7 Å². The van der Waals surface area contributed by atoms with Crippen molar-refractivity contribution in [2.75, 3.05) is 30.7 Å². The summed E-state index contributed by atoms with van der Waals surface area (Å²) in [5.74, 6) is -0.0299. The number of β-amino-alcohol motifs (C(OH)–C–C–N with tert-alkyl or cyclic N) is 1. The second-order valence-electron chi connectivity index (χ2n) is 14.2. The number of rotatable bonds is 16. The number of nitrogen functional groups attached to an aromatic ring is 1. The molecule has 2 saturated heterocycles. The molecule has 2 amide bonds. The summed E-state index contributed by atoms with van der Waals surface area (Å²) in [6.45, 7) is 2.70. The lowest BCUT2D eigenvalue weighted by Gasteiger charge is -2.37. The molecule has 280 valence electrons. The van der Waals surface area contributed by atoms with Gasteiger partial charge in [-0.2, -0.15) is 0 Å². The summed E-state index contributed by atoms with van der Waals surface area (Å²) in [5, 5.41) is 25.5. The van der Waals surface area contributed by atoms with Crippen molar-refractivity contribution in [3.8, 4) is 11.1 Å². The monoisotopic (exact) mass is 720 g/mol. The smallest absolute Gasteiger partial charge is 0.224 e. The third-order valence-electron chi connectivity index (χ3n) is 10.0. The molecule has 0 aromatic heterocycles. The van der Waals surface area contributed by atoms with Crippen molar-refractivity contribution in [3.63, 3.8) is 0 Å². The number of amides is 2. The molecule has 2 aliphatic rings. The number of aliphatic hydroxyl groups excluding tert-OH is 2. The minimum atomic E-state index is -0.543. The summed E-state index contributed by atoms with van der Waals surface area (Å²) < 4.78 is 13.1. The number of ether oxygens (including phenoxy) is 2. The van der Waals surface area contributed by atoms with Crippen molar-refractivity contribution in [2.45, 2.75) is 89.1 Å². The van der Waals surface area contributed by atoms with E-state index in [0.717, 1.165) is 78.6 Å². The SMILES string of the molecule is Nc1ccccc1NC(=O)CCCCCCC(=O)NCc1cccc(-c2ccc([C@@H]3O[C@H](CN4CC[C@H](O)C4)C[C@H](c4ccc(CO)cc4)O3)cc2)c1.